The number of aliphatic hydroxyl groups is 1. The van der Waals surface area contributed by atoms with Gasteiger partial charge in [0.25, 0.3) is 0 Å². The van der Waals surface area contributed by atoms with Crippen LogP contribution in [0.15, 0.2) is 5.16 Å². The first kappa shape index (κ1) is 11.0. The number of hydrogen-bond acceptors (Lipinski definition) is 4. The van der Waals surface area contributed by atoms with Crippen LogP contribution in [0, 0.1) is 29.6 Å². The molecule has 0 saturated heterocycles. The Balaban J connectivity index is 1.77. The second-order valence-corrected chi connectivity index (χ2v) is 6.67. The molecular weight excluding hydrogens is 230 g/mol. The van der Waals surface area contributed by atoms with Gasteiger partial charge in [-0.1, -0.05) is 5.16 Å². The van der Waals surface area contributed by atoms with Gasteiger partial charge in [0.2, 0.25) is 0 Å². The SMILES string of the molecule is O=C1C2CCC(C2)C1C1(O)/C(=N/O)C2CCC1C2. The molecule has 4 bridgehead atoms. The van der Waals surface area contributed by atoms with Gasteiger partial charge in [-0.3, -0.25) is 4.79 Å². The van der Waals surface area contributed by atoms with E-state index in [4.69, 9.17) is 0 Å². The Bertz CT molecular complexity index is 446. The Hall–Kier alpha value is -0.900. The molecule has 0 aromatic carbocycles. The van der Waals surface area contributed by atoms with Crippen molar-refractivity contribution in [1.82, 2.24) is 0 Å². The highest BCUT2D eigenvalue weighted by molar-refractivity contribution is 6.03. The summed E-state index contributed by atoms with van der Waals surface area (Å²) >= 11 is 0. The van der Waals surface area contributed by atoms with Gasteiger partial charge in [-0.2, -0.15) is 0 Å². The maximum atomic E-state index is 12.4. The van der Waals surface area contributed by atoms with E-state index in [1.165, 1.54) is 0 Å². The molecular formula is C14H19NO3. The van der Waals surface area contributed by atoms with Crippen molar-refractivity contribution >= 4 is 11.5 Å². The molecule has 4 aliphatic rings. The van der Waals surface area contributed by atoms with E-state index in [1.54, 1.807) is 0 Å². The summed E-state index contributed by atoms with van der Waals surface area (Å²) in [7, 11) is 0. The average Bonchev–Trinajstić information content (AvgIpc) is 3.06. The van der Waals surface area contributed by atoms with Crippen molar-refractivity contribution in [2.75, 3.05) is 0 Å². The van der Waals surface area contributed by atoms with Crippen LogP contribution in [0.2, 0.25) is 0 Å². The van der Waals surface area contributed by atoms with E-state index >= 15 is 0 Å². The quantitative estimate of drug-likeness (QED) is 0.547. The van der Waals surface area contributed by atoms with Crippen LogP contribution in [0.5, 0.6) is 0 Å². The molecule has 0 aromatic heterocycles. The normalized spacial score (nSPS) is 55.9. The number of hydrogen-bond donors (Lipinski definition) is 2. The van der Waals surface area contributed by atoms with Crippen molar-refractivity contribution in [3.05, 3.63) is 0 Å². The Labute approximate surface area is 106 Å². The lowest BCUT2D eigenvalue weighted by Crippen LogP contribution is -2.54. The van der Waals surface area contributed by atoms with Gasteiger partial charge in [0, 0.05) is 11.8 Å². The zero-order valence-electron chi connectivity index (χ0n) is 10.4. The smallest absolute Gasteiger partial charge is 0.142 e. The standard InChI is InChI=1S/C14H19NO3/c16-12-8-2-1-7(5-8)11(12)14(17)10-4-3-9(6-10)13(14)15-18/h7-11,17-18H,1-6H2/b15-13+. The number of rotatable bonds is 1. The van der Waals surface area contributed by atoms with Gasteiger partial charge < -0.3 is 10.3 Å². The lowest BCUT2D eigenvalue weighted by molar-refractivity contribution is -0.134. The molecule has 6 unspecified atom stereocenters. The zero-order chi connectivity index (χ0) is 12.5. The molecule has 2 N–H and O–H groups in total. The molecule has 6 atom stereocenters. The van der Waals surface area contributed by atoms with Gasteiger partial charge in [0.15, 0.2) is 0 Å². The number of fused-ring (bicyclic) bond motifs is 4. The fraction of sp³-hybridized carbons (Fsp3) is 0.857. The molecule has 0 heterocycles. The van der Waals surface area contributed by atoms with Crippen LogP contribution in [0.25, 0.3) is 0 Å². The molecule has 0 amide bonds. The third kappa shape index (κ3) is 1.06. The Morgan fingerprint density at radius 2 is 1.89 bits per heavy atom. The lowest BCUT2D eigenvalue weighted by atomic mass is 9.67. The minimum atomic E-state index is -1.12. The molecule has 4 heteroatoms. The van der Waals surface area contributed by atoms with E-state index in [2.05, 4.69) is 5.16 Å². The molecule has 18 heavy (non-hydrogen) atoms. The summed E-state index contributed by atoms with van der Waals surface area (Å²) in [6.07, 6.45) is 5.87. The van der Waals surface area contributed by atoms with Crippen LogP contribution >= 0.6 is 0 Å². The van der Waals surface area contributed by atoms with Gasteiger partial charge in [0.1, 0.15) is 11.4 Å². The first-order valence-corrected chi connectivity index (χ1v) is 7.14. The highest BCUT2D eigenvalue weighted by atomic mass is 16.4. The summed E-state index contributed by atoms with van der Waals surface area (Å²) in [6.45, 7) is 0. The first-order chi connectivity index (χ1) is 8.66. The molecule has 0 radical (unpaired) electrons. The second-order valence-electron chi connectivity index (χ2n) is 6.67. The number of carbonyl (C=O) groups excluding carboxylic acids is 1. The van der Waals surface area contributed by atoms with Crippen LogP contribution in [-0.4, -0.2) is 27.4 Å². The zero-order valence-corrected chi connectivity index (χ0v) is 10.4. The summed E-state index contributed by atoms with van der Waals surface area (Å²) < 4.78 is 0. The lowest BCUT2D eigenvalue weighted by Gasteiger charge is -2.40. The van der Waals surface area contributed by atoms with Crippen molar-refractivity contribution in [3.63, 3.8) is 0 Å². The summed E-state index contributed by atoms with van der Waals surface area (Å²) in [5.74, 6) is 0.797. The van der Waals surface area contributed by atoms with Gasteiger partial charge in [-0.25, -0.2) is 0 Å². The van der Waals surface area contributed by atoms with E-state index in [1.807, 2.05) is 0 Å². The van der Waals surface area contributed by atoms with Crippen LogP contribution in [0.1, 0.15) is 38.5 Å². The summed E-state index contributed by atoms with van der Waals surface area (Å²) in [6, 6.07) is 0. The highest BCUT2D eigenvalue weighted by Crippen LogP contribution is 2.59. The average molecular weight is 249 g/mol. The van der Waals surface area contributed by atoms with Crippen LogP contribution in [0.3, 0.4) is 0 Å². The fourth-order valence-electron chi connectivity index (χ4n) is 5.38. The maximum Gasteiger partial charge on any atom is 0.142 e. The minimum absolute atomic E-state index is 0.140. The largest absolute Gasteiger partial charge is 0.411 e. The van der Waals surface area contributed by atoms with Crippen molar-refractivity contribution in [2.45, 2.75) is 44.1 Å². The number of ketones is 1. The minimum Gasteiger partial charge on any atom is -0.411 e. The topological polar surface area (TPSA) is 69.9 Å². The molecule has 4 aliphatic carbocycles. The van der Waals surface area contributed by atoms with Gasteiger partial charge in [-0.15, -0.1) is 0 Å². The third-order valence-electron chi connectivity index (χ3n) is 6.09. The van der Waals surface area contributed by atoms with E-state index in [9.17, 15) is 15.1 Å². The summed E-state index contributed by atoms with van der Waals surface area (Å²) in [4.78, 5) is 12.4. The number of carbonyl (C=O) groups is 1. The third-order valence-corrected chi connectivity index (χ3v) is 6.09. The summed E-state index contributed by atoms with van der Waals surface area (Å²) in [5.41, 5.74) is -0.598. The van der Waals surface area contributed by atoms with E-state index in [0.717, 1.165) is 38.5 Å². The van der Waals surface area contributed by atoms with E-state index in [-0.39, 0.29) is 29.5 Å². The molecule has 4 rings (SSSR count). The number of nitrogens with zero attached hydrogens (tertiary/aromatic N) is 1. The molecule has 4 saturated carbocycles. The Morgan fingerprint density at radius 1 is 1.11 bits per heavy atom. The van der Waals surface area contributed by atoms with Gasteiger partial charge in [-0.05, 0) is 50.4 Å². The van der Waals surface area contributed by atoms with E-state index in [0.29, 0.717) is 11.6 Å². The highest BCUT2D eigenvalue weighted by Gasteiger charge is 2.66. The van der Waals surface area contributed by atoms with Crippen molar-refractivity contribution in [1.29, 1.82) is 0 Å². The van der Waals surface area contributed by atoms with Crippen molar-refractivity contribution < 1.29 is 15.1 Å². The Morgan fingerprint density at radius 3 is 2.56 bits per heavy atom. The van der Waals surface area contributed by atoms with Crippen molar-refractivity contribution in [3.8, 4) is 0 Å². The predicted molar refractivity (Wildman–Crippen MR) is 64.3 cm³/mol. The van der Waals surface area contributed by atoms with Gasteiger partial charge in [0.05, 0.1) is 11.6 Å². The monoisotopic (exact) mass is 249 g/mol. The number of oxime groups is 1. The fourth-order valence-corrected chi connectivity index (χ4v) is 5.38. The van der Waals surface area contributed by atoms with Crippen molar-refractivity contribution in [2.24, 2.45) is 34.7 Å². The molecule has 0 spiro atoms. The first-order valence-electron chi connectivity index (χ1n) is 7.14. The van der Waals surface area contributed by atoms with Gasteiger partial charge >= 0.3 is 0 Å². The maximum absolute atomic E-state index is 12.4. The molecule has 4 fully saturated rings. The Kier molecular flexibility index (Phi) is 2.04. The van der Waals surface area contributed by atoms with Crippen LogP contribution < -0.4 is 0 Å². The molecule has 0 aromatic rings. The van der Waals surface area contributed by atoms with Crippen LogP contribution in [-0.2, 0) is 4.79 Å². The van der Waals surface area contributed by atoms with Crippen LogP contribution in [0.4, 0.5) is 0 Å². The second kappa shape index (κ2) is 3.35. The summed E-state index contributed by atoms with van der Waals surface area (Å²) in [5, 5.41) is 23.8. The molecule has 4 nitrogen and oxygen atoms in total. The van der Waals surface area contributed by atoms with E-state index < -0.39 is 5.60 Å². The molecule has 0 aliphatic heterocycles. The predicted octanol–water partition coefficient (Wildman–Crippen LogP) is 1.59. The number of Topliss-reactive ketones (excluding diaryl/α,β-unsaturated/α-hetero) is 1. The molecule has 98 valence electrons.